The number of carbonyl (C=O) groups is 2. The largest absolute Gasteiger partial charge is 0.481 e. The topological polar surface area (TPSA) is 92.2 Å². The highest BCUT2D eigenvalue weighted by molar-refractivity contribution is 6.29. The van der Waals surface area contributed by atoms with Gasteiger partial charge in [0.25, 0.3) is 5.91 Å². The summed E-state index contributed by atoms with van der Waals surface area (Å²) < 4.78 is 0. The van der Waals surface area contributed by atoms with Crippen molar-refractivity contribution < 1.29 is 14.7 Å². The van der Waals surface area contributed by atoms with E-state index in [1.807, 2.05) is 0 Å². The van der Waals surface area contributed by atoms with Gasteiger partial charge in [-0.15, -0.1) is 0 Å². The van der Waals surface area contributed by atoms with Crippen molar-refractivity contribution in [3.05, 3.63) is 53.1 Å². The molecule has 0 aliphatic heterocycles. The number of anilines is 1. The van der Waals surface area contributed by atoms with Crippen LogP contribution in [0.3, 0.4) is 0 Å². The molecule has 1 amide bonds. The molecule has 20 heavy (non-hydrogen) atoms. The zero-order valence-corrected chi connectivity index (χ0v) is 11.0. The standard InChI is InChI=1S/C13H10ClN3O3/c14-11-3-1-2-10(17-11)13(20)16-9-5-4-8(15-7-9)6-12(18)19/h1-5,7H,6H2,(H,16,20)(H,18,19). The van der Waals surface area contributed by atoms with E-state index in [9.17, 15) is 9.59 Å². The molecule has 0 bridgehead atoms. The third-order valence-electron chi connectivity index (χ3n) is 2.36. The van der Waals surface area contributed by atoms with Crippen molar-refractivity contribution in [1.29, 1.82) is 0 Å². The van der Waals surface area contributed by atoms with E-state index >= 15 is 0 Å². The van der Waals surface area contributed by atoms with Crippen molar-refractivity contribution in [2.45, 2.75) is 6.42 Å². The maximum absolute atomic E-state index is 11.9. The normalized spacial score (nSPS) is 10.1. The third-order valence-corrected chi connectivity index (χ3v) is 2.57. The number of rotatable bonds is 4. The molecule has 2 rings (SSSR count). The van der Waals surface area contributed by atoms with Gasteiger partial charge in [-0.3, -0.25) is 14.6 Å². The molecule has 0 fully saturated rings. The van der Waals surface area contributed by atoms with E-state index in [0.29, 0.717) is 11.4 Å². The molecule has 0 atom stereocenters. The lowest BCUT2D eigenvalue weighted by atomic mass is 10.2. The molecule has 0 spiro atoms. The number of hydrogen-bond donors (Lipinski definition) is 2. The molecule has 0 aliphatic carbocycles. The predicted molar refractivity (Wildman–Crippen MR) is 72.8 cm³/mol. The van der Waals surface area contributed by atoms with Crippen LogP contribution in [-0.4, -0.2) is 27.0 Å². The van der Waals surface area contributed by atoms with Gasteiger partial charge in [0.1, 0.15) is 10.8 Å². The Morgan fingerprint density at radius 2 is 2.05 bits per heavy atom. The number of nitrogens with one attached hydrogen (secondary N) is 1. The molecule has 0 radical (unpaired) electrons. The predicted octanol–water partition coefficient (Wildman–Crippen LogP) is 2.01. The fourth-order valence-corrected chi connectivity index (χ4v) is 1.65. The molecule has 2 aromatic rings. The van der Waals surface area contributed by atoms with Gasteiger partial charge in [0, 0.05) is 0 Å². The fraction of sp³-hybridized carbons (Fsp3) is 0.0769. The van der Waals surface area contributed by atoms with Crippen molar-refractivity contribution in [2.24, 2.45) is 0 Å². The van der Waals surface area contributed by atoms with Gasteiger partial charge in [0.15, 0.2) is 0 Å². The Hall–Kier alpha value is -2.47. The first-order valence-electron chi connectivity index (χ1n) is 5.65. The third kappa shape index (κ3) is 3.76. The van der Waals surface area contributed by atoms with Gasteiger partial charge in [0.05, 0.1) is 24.0 Å². The second kappa shape index (κ2) is 6.12. The maximum atomic E-state index is 11.9. The van der Waals surface area contributed by atoms with E-state index in [2.05, 4.69) is 15.3 Å². The summed E-state index contributed by atoms with van der Waals surface area (Å²) in [6, 6.07) is 7.84. The SMILES string of the molecule is O=C(O)Cc1ccc(NC(=O)c2cccc(Cl)n2)cn1. The molecule has 2 aromatic heterocycles. The summed E-state index contributed by atoms with van der Waals surface area (Å²) in [6.45, 7) is 0. The molecule has 6 nitrogen and oxygen atoms in total. The highest BCUT2D eigenvalue weighted by Crippen LogP contribution is 2.10. The molecule has 0 saturated carbocycles. The molecule has 0 aromatic carbocycles. The number of carbonyl (C=O) groups excluding carboxylic acids is 1. The van der Waals surface area contributed by atoms with Crippen LogP contribution in [0.2, 0.25) is 5.15 Å². The van der Waals surface area contributed by atoms with Crippen LogP contribution in [-0.2, 0) is 11.2 Å². The van der Waals surface area contributed by atoms with E-state index < -0.39 is 11.9 Å². The first kappa shape index (κ1) is 14.0. The molecule has 2 heterocycles. The summed E-state index contributed by atoms with van der Waals surface area (Å²) in [6.07, 6.45) is 1.23. The van der Waals surface area contributed by atoms with E-state index in [-0.39, 0.29) is 17.3 Å². The van der Waals surface area contributed by atoms with Crippen molar-refractivity contribution >= 4 is 29.2 Å². The van der Waals surface area contributed by atoms with Gasteiger partial charge < -0.3 is 10.4 Å². The highest BCUT2D eigenvalue weighted by atomic mass is 35.5. The summed E-state index contributed by atoms with van der Waals surface area (Å²) in [5, 5.41) is 11.5. The monoisotopic (exact) mass is 291 g/mol. The smallest absolute Gasteiger partial charge is 0.309 e. The Balaban J connectivity index is 2.06. The molecule has 0 aliphatic rings. The Kier molecular flexibility index (Phi) is 4.27. The summed E-state index contributed by atoms with van der Waals surface area (Å²) in [5.41, 5.74) is 1.05. The van der Waals surface area contributed by atoms with Crippen molar-refractivity contribution in [1.82, 2.24) is 9.97 Å². The van der Waals surface area contributed by atoms with Gasteiger partial charge in [0.2, 0.25) is 0 Å². The number of carboxylic acid groups (broad SMARTS) is 1. The summed E-state index contributed by atoms with van der Waals surface area (Å²) in [4.78, 5) is 30.2. The number of halogens is 1. The van der Waals surface area contributed by atoms with Gasteiger partial charge in [-0.1, -0.05) is 17.7 Å². The second-order valence-electron chi connectivity index (χ2n) is 3.91. The molecular formula is C13H10ClN3O3. The van der Waals surface area contributed by atoms with Crippen LogP contribution in [0.25, 0.3) is 0 Å². The van der Waals surface area contributed by atoms with Crippen molar-refractivity contribution in [3.8, 4) is 0 Å². The molecule has 7 heteroatoms. The Morgan fingerprint density at radius 1 is 1.25 bits per heavy atom. The van der Waals surface area contributed by atoms with Crippen molar-refractivity contribution in [3.63, 3.8) is 0 Å². The lowest BCUT2D eigenvalue weighted by Gasteiger charge is -2.05. The number of aliphatic carboxylic acids is 1. The number of amides is 1. The van der Waals surface area contributed by atoms with Crippen LogP contribution >= 0.6 is 11.6 Å². The minimum atomic E-state index is -0.961. The molecule has 0 saturated heterocycles. The van der Waals surface area contributed by atoms with E-state index in [4.69, 9.17) is 16.7 Å². The molecular weight excluding hydrogens is 282 g/mol. The Labute approximate surface area is 119 Å². The minimum Gasteiger partial charge on any atom is -0.481 e. The highest BCUT2D eigenvalue weighted by Gasteiger charge is 2.08. The van der Waals surface area contributed by atoms with E-state index in [1.54, 1.807) is 18.2 Å². The lowest BCUT2D eigenvalue weighted by molar-refractivity contribution is -0.136. The average molecular weight is 292 g/mol. The van der Waals surface area contributed by atoms with Crippen LogP contribution in [0.1, 0.15) is 16.2 Å². The van der Waals surface area contributed by atoms with Crippen LogP contribution in [0.5, 0.6) is 0 Å². The zero-order chi connectivity index (χ0) is 14.5. The summed E-state index contributed by atoms with van der Waals surface area (Å²) in [7, 11) is 0. The van der Waals surface area contributed by atoms with Gasteiger partial charge in [-0.05, 0) is 24.3 Å². The number of carboxylic acids is 1. The number of nitrogens with zero attached hydrogens (tertiary/aromatic N) is 2. The van der Waals surface area contributed by atoms with Gasteiger partial charge >= 0.3 is 5.97 Å². The maximum Gasteiger partial charge on any atom is 0.309 e. The molecule has 2 N–H and O–H groups in total. The Morgan fingerprint density at radius 3 is 2.65 bits per heavy atom. The van der Waals surface area contributed by atoms with Crippen LogP contribution in [0.15, 0.2) is 36.5 Å². The Bertz CT molecular complexity index is 644. The van der Waals surface area contributed by atoms with E-state index in [0.717, 1.165) is 0 Å². The second-order valence-corrected chi connectivity index (χ2v) is 4.30. The van der Waals surface area contributed by atoms with E-state index in [1.165, 1.54) is 18.3 Å². The number of pyridine rings is 2. The molecule has 102 valence electrons. The minimum absolute atomic E-state index is 0.163. The summed E-state index contributed by atoms with van der Waals surface area (Å²) in [5.74, 6) is -1.38. The quantitative estimate of drug-likeness (QED) is 0.841. The molecule has 0 unspecified atom stereocenters. The average Bonchev–Trinajstić information content (AvgIpc) is 2.40. The fourth-order valence-electron chi connectivity index (χ4n) is 1.49. The number of hydrogen-bond acceptors (Lipinski definition) is 4. The summed E-state index contributed by atoms with van der Waals surface area (Å²) >= 11 is 5.70. The van der Waals surface area contributed by atoms with Crippen LogP contribution in [0.4, 0.5) is 5.69 Å². The number of aromatic nitrogens is 2. The van der Waals surface area contributed by atoms with Crippen LogP contribution in [0, 0.1) is 0 Å². The first-order chi connectivity index (χ1) is 9.54. The van der Waals surface area contributed by atoms with Crippen molar-refractivity contribution in [2.75, 3.05) is 5.32 Å². The lowest BCUT2D eigenvalue weighted by Crippen LogP contribution is -2.14. The zero-order valence-electron chi connectivity index (χ0n) is 10.2. The van der Waals surface area contributed by atoms with Crippen LogP contribution < -0.4 is 5.32 Å². The van der Waals surface area contributed by atoms with Gasteiger partial charge in [-0.2, -0.15) is 0 Å². The first-order valence-corrected chi connectivity index (χ1v) is 6.03. The van der Waals surface area contributed by atoms with Gasteiger partial charge in [-0.25, -0.2) is 4.98 Å².